The van der Waals surface area contributed by atoms with Crippen molar-refractivity contribution in [2.45, 2.75) is 17.9 Å². The molecule has 1 atom stereocenters. The van der Waals surface area contributed by atoms with E-state index in [0.717, 1.165) is 11.3 Å². The van der Waals surface area contributed by atoms with Gasteiger partial charge in [-0.25, -0.2) is 13.4 Å². The fourth-order valence-corrected chi connectivity index (χ4v) is 5.76. The van der Waals surface area contributed by atoms with Crippen LogP contribution in [-0.2, 0) is 10.0 Å². The lowest BCUT2D eigenvalue weighted by molar-refractivity contribution is -0.384. The SMILES string of the molecule is COc1ccc(S(=O)(=O)Nc2nc(-c3cccc([N+](=O)[O-])c3)c(N(CCO)C(C)CO)s2)cc1OC. The third-order valence-corrected chi connectivity index (χ3v) is 7.70. The van der Waals surface area contributed by atoms with E-state index in [1.807, 2.05) is 0 Å². The van der Waals surface area contributed by atoms with Crippen LogP contribution in [-0.4, -0.2) is 68.6 Å². The van der Waals surface area contributed by atoms with E-state index in [4.69, 9.17) is 9.47 Å². The third-order valence-electron chi connectivity index (χ3n) is 5.22. The number of non-ortho nitro benzene ring substituents is 1. The molecule has 0 saturated carbocycles. The largest absolute Gasteiger partial charge is 0.493 e. The van der Waals surface area contributed by atoms with Gasteiger partial charge >= 0.3 is 0 Å². The molecule has 12 nitrogen and oxygen atoms in total. The second-order valence-corrected chi connectivity index (χ2v) is 10.2. The fourth-order valence-electron chi connectivity index (χ4n) is 3.39. The van der Waals surface area contributed by atoms with E-state index in [-0.39, 0.29) is 46.9 Å². The normalized spacial score (nSPS) is 12.1. The van der Waals surface area contributed by atoms with Crippen molar-refractivity contribution in [3.8, 4) is 22.8 Å². The summed E-state index contributed by atoms with van der Waals surface area (Å²) >= 11 is 0.976. The van der Waals surface area contributed by atoms with Gasteiger partial charge in [0.25, 0.3) is 15.7 Å². The molecule has 0 aliphatic heterocycles. The Balaban J connectivity index is 2.10. The first-order valence-corrected chi connectivity index (χ1v) is 12.9. The van der Waals surface area contributed by atoms with Crippen molar-refractivity contribution in [2.75, 3.05) is 43.6 Å². The molecule has 0 spiro atoms. The first-order valence-electron chi connectivity index (χ1n) is 10.6. The predicted octanol–water partition coefficient (Wildman–Crippen LogP) is 2.72. The van der Waals surface area contributed by atoms with Gasteiger partial charge in [-0.3, -0.25) is 14.8 Å². The number of methoxy groups -OCH3 is 2. The van der Waals surface area contributed by atoms with Crippen LogP contribution in [0.15, 0.2) is 47.4 Å². The number of aromatic nitrogens is 1. The lowest BCUT2D eigenvalue weighted by Gasteiger charge is -2.28. The highest BCUT2D eigenvalue weighted by molar-refractivity contribution is 7.93. The van der Waals surface area contributed by atoms with Crippen LogP contribution in [0.3, 0.4) is 0 Å². The van der Waals surface area contributed by atoms with Crippen LogP contribution in [0.1, 0.15) is 6.92 Å². The average molecular weight is 539 g/mol. The smallest absolute Gasteiger partial charge is 0.270 e. The zero-order valence-electron chi connectivity index (χ0n) is 19.7. The predicted molar refractivity (Wildman–Crippen MR) is 136 cm³/mol. The molecule has 194 valence electrons. The lowest BCUT2D eigenvalue weighted by Crippen LogP contribution is -2.37. The van der Waals surface area contributed by atoms with Gasteiger partial charge in [0.15, 0.2) is 16.6 Å². The number of aliphatic hydroxyl groups is 2. The molecule has 1 aromatic heterocycles. The minimum absolute atomic E-state index is 0.00521. The van der Waals surface area contributed by atoms with Crippen molar-refractivity contribution >= 4 is 37.2 Å². The molecule has 36 heavy (non-hydrogen) atoms. The molecule has 0 aliphatic carbocycles. The molecule has 0 aliphatic rings. The number of hydrogen-bond donors (Lipinski definition) is 3. The zero-order valence-corrected chi connectivity index (χ0v) is 21.4. The number of nitro benzene ring substituents is 1. The first-order chi connectivity index (χ1) is 17.1. The van der Waals surface area contributed by atoms with Crippen LogP contribution in [0.25, 0.3) is 11.3 Å². The summed E-state index contributed by atoms with van der Waals surface area (Å²) in [5.74, 6) is 0.585. The van der Waals surface area contributed by atoms with Gasteiger partial charge in [-0.05, 0) is 19.1 Å². The molecular weight excluding hydrogens is 512 g/mol. The number of ether oxygens (including phenoxy) is 2. The molecule has 1 heterocycles. The number of nitrogens with one attached hydrogen (secondary N) is 1. The quantitative estimate of drug-likeness (QED) is 0.231. The Morgan fingerprint density at radius 2 is 1.89 bits per heavy atom. The van der Waals surface area contributed by atoms with E-state index in [1.54, 1.807) is 17.9 Å². The van der Waals surface area contributed by atoms with Gasteiger partial charge in [0.1, 0.15) is 10.7 Å². The Hall–Kier alpha value is -3.46. The van der Waals surface area contributed by atoms with E-state index in [2.05, 4.69) is 9.71 Å². The van der Waals surface area contributed by atoms with Gasteiger partial charge in [-0.15, -0.1) is 0 Å². The number of benzene rings is 2. The highest BCUT2D eigenvalue weighted by Crippen LogP contribution is 2.41. The number of thiazole rings is 1. The van der Waals surface area contributed by atoms with Crippen molar-refractivity contribution in [3.05, 3.63) is 52.6 Å². The van der Waals surface area contributed by atoms with Crippen LogP contribution >= 0.6 is 11.3 Å². The Bertz CT molecular complexity index is 1330. The average Bonchev–Trinajstić information content (AvgIpc) is 3.28. The standard InChI is InChI=1S/C22H26N4O8S2/c1-14(13-28)25(9-10-27)21-20(15-5-4-6-16(11-15)26(29)30)23-22(35-21)24-36(31,32)17-7-8-18(33-2)19(12-17)34-3/h4-8,11-12,14,27-28H,9-10,13H2,1-3H3,(H,23,24). The summed E-state index contributed by atoms with van der Waals surface area (Å²) in [5.41, 5.74) is 0.477. The van der Waals surface area contributed by atoms with Crippen molar-refractivity contribution in [2.24, 2.45) is 0 Å². The molecule has 0 fully saturated rings. The van der Waals surface area contributed by atoms with E-state index in [9.17, 15) is 28.7 Å². The molecular formula is C22H26N4O8S2. The summed E-state index contributed by atoms with van der Waals surface area (Å²) in [6, 6.07) is 9.43. The number of nitro groups is 1. The Morgan fingerprint density at radius 3 is 2.50 bits per heavy atom. The maximum Gasteiger partial charge on any atom is 0.270 e. The van der Waals surface area contributed by atoms with Crippen LogP contribution in [0.2, 0.25) is 0 Å². The number of sulfonamides is 1. The minimum atomic E-state index is -4.11. The topological polar surface area (TPSA) is 164 Å². The molecule has 3 N–H and O–H groups in total. The maximum atomic E-state index is 13.1. The summed E-state index contributed by atoms with van der Waals surface area (Å²) in [6.07, 6.45) is 0. The van der Waals surface area contributed by atoms with Gasteiger partial charge < -0.3 is 24.6 Å². The summed E-state index contributed by atoms with van der Waals surface area (Å²) < 4.78 is 39.1. The molecule has 1 unspecified atom stereocenters. The second-order valence-electron chi connectivity index (χ2n) is 7.55. The Kier molecular flexibility index (Phi) is 8.68. The maximum absolute atomic E-state index is 13.1. The van der Waals surface area contributed by atoms with E-state index < -0.39 is 21.0 Å². The first kappa shape index (κ1) is 27.1. The molecule has 3 rings (SSSR count). The number of hydrogen-bond acceptors (Lipinski definition) is 11. The van der Waals surface area contributed by atoms with E-state index in [1.165, 1.54) is 50.6 Å². The van der Waals surface area contributed by atoms with Crippen molar-refractivity contribution in [1.82, 2.24) is 4.98 Å². The van der Waals surface area contributed by atoms with Gasteiger partial charge in [0, 0.05) is 30.3 Å². The third kappa shape index (κ3) is 5.84. The monoisotopic (exact) mass is 538 g/mol. The molecule has 2 aromatic carbocycles. The fraction of sp³-hybridized carbons (Fsp3) is 0.318. The molecule has 0 bridgehead atoms. The zero-order chi connectivity index (χ0) is 26.5. The van der Waals surface area contributed by atoms with Gasteiger partial charge in [-0.1, -0.05) is 23.5 Å². The van der Waals surface area contributed by atoms with Crippen LogP contribution in [0.5, 0.6) is 11.5 Å². The lowest BCUT2D eigenvalue weighted by atomic mass is 10.1. The second kappa shape index (κ2) is 11.5. The molecule has 3 aromatic rings. The van der Waals surface area contributed by atoms with Crippen molar-refractivity contribution in [3.63, 3.8) is 0 Å². The number of aliphatic hydroxyl groups excluding tert-OH is 2. The molecule has 14 heteroatoms. The number of rotatable bonds is 12. The highest BCUT2D eigenvalue weighted by atomic mass is 32.2. The molecule has 0 saturated heterocycles. The van der Waals surface area contributed by atoms with E-state index >= 15 is 0 Å². The van der Waals surface area contributed by atoms with Crippen LogP contribution < -0.4 is 19.1 Å². The van der Waals surface area contributed by atoms with Gasteiger partial charge in [-0.2, -0.15) is 0 Å². The minimum Gasteiger partial charge on any atom is -0.493 e. The summed E-state index contributed by atoms with van der Waals surface area (Å²) in [5, 5.41) is 31.1. The van der Waals surface area contributed by atoms with Gasteiger partial charge in [0.2, 0.25) is 0 Å². The molecule has 0 radical (unpaired) electrons. The highest BCUT2D eigenvalue weighted by Gasteiger charge is 2.26. The Labute approximate surface area is 211 Å². The number of nitrogens with zero attached hydrogens (tertiary/aromatic N) is 3. The van der Waals surface area contributed by atoms with Crippen molar-refractivity contribution < 1.29 is 33.0 Å². The van der Waals surface area contributed by atoms with Crippen molar-refractivity contribution in [1.29, 1.82) is 0 Å². The van der Waals surface area contributed by atoms with E-state index in [0.29, 0.717) is 16.3 Å². The van der Waals surface area contributed by atoms with Crippen LogP contribution in [0.4, 0.5) is 15.8 Å². The summed E-state index contributed by atoms with van der Waals surface area (Å²) in [6.45, 7) is 1.34. The number of anilines is 2. The summed E-state index contributed by atoms with van der Waals surface area (Å²) in [4.78, 5) is 16.8. The summed E-state index contributed by atoms with van der Waals surface area (Å²) in [7, 11) is -1.29. The Morgan fingerprint density at radius 1 is 1.17 bits per heavy atom. The van der Waals surface area contributed by atoms with Crippen LogP contribution in [0, 0.1) is 10.1 Å². The molecule has 0 amide bonds. The van der Waals surface area contributed by atoms with Gasteiger partial charge in [0.05, 0.1) is 43.3 Å².